The summed E-state index contributed by atoms with van der Waals surface area (Å²) in [5, 5.41) is 7.12. The number of carboxylic acids is 1. The quantitative estimate of drug-likeness (QED) is 0.767. The average molecular weight is 413 g/mol. The van der Waals surface area contributed by atoms with Crippen LogP contribution in [0.5, 0.6) is 0 Å². The molecule has 1 aliphatic rings. The van der Waals surface area contributed by atoms with Crippen LogP contribution in [-0.2, 0) is 22.6 Å². The fraction of sp³-hybridized carbons (Fsp3) is 0.316. The van der Waals surface area contributed by atoms with Gasteiger partial charge in [0.1, 0.15) is 11.6 Å². The molecule has 1 aromatic heterocycles. The Kier molecular flexibility index (Phi) is 7.13. The zero-order valence-corrected chi connectivity index (χ0v) is 15.5. The van der Waals surface area contributed by atoms with Crippen LogP contribution in [0.15, 0.2) is 42.6 Å². The number of hydrogen-bond acceptors (Lipinski definition) is 4. The van der Waals surface area contributed by atoms with E-state index in [1.807, 2.05) is 24.1 Å². The van der Waals surface area contributed by atoms with Gasteiger partial charge in [-0.1, -0.05) is 18.2 Å². The Morgan fingerprint density at radius 1 is 1.17 bits per heavy atom. The molecule has 3 rings (SSSR count). The van der Waals surface area contributed by atoms with Crippen LogP contribution < -0.4 is 4.90 Å². The van der Waals surface area contributed by atoms with E-state index in [1.54, 1.807) is 18.3 Å². The number of carbonyl (C=O) groups is 2. The lowest BCUT2D eigenvalue weighted by Crippen LogP contribution is -2.35. The maximum absolute atomic E-state index is 13.2. The number of nitrogens with zero attached hydrogens (tertiary/aromatic N) is 3. The highest BCUT2D eigenvalue weighted by molar-refractivity contribution is 5.79. The highest BCUT2D eigenvalue weighted by atomic mass is 19.4. The van der Waals surface area contributed by atoms with E-state index >= 15 is 0 Å². The molecule has 0 unspecified atom stereocenters. The Bertz CT molecular complexity index is 874. The molecule has 0 bridgehead atoms. The minimum atomic E-state index is -5.08. The van der Waals surface area contributed by atoms with Crippen LogP contribution in [0.2, 0.25) is 0 Å². The number of carbonyl (C=O) groups excluding carboxylic acids is 1. The van der Waals surface area contributed by atoms with Gasteiger partial charge in [0.05, 0.1) is 6.42 Å². The lowest BCUT2D eigenvalue weighted by molar-refractivity contribution is -0.192. The lowest BCUT2D eigenvalue weighted by Gasteiger charge is -2.21. The average Bonchev–Trinajstić information content (AvgIpc) is 2.81. The van der Waals surface area contributed by atoms with Crippen molar-refractivity contribution in [1.82, 2.24) is 9.88 Å². The third-order valence-corrected chi connectivity index (χ3v) is 4.14. The molecule has 2 aromatic rings. The number of alkyl halides is 3. The number of aromatic nitrogens is 1. The van der Waals surface area contributed by atoms with Gasteiger partial charge in [-0.05, 0) is 23.8 Å². The standard InChI is InChI=1S/C17H18FN3O.C2HF3O2/c1-20-8-9-21(12-14-5-3-7-19-17(14)20)16(22)11-13-4-2-6-15(18)10-13;3-2(4,5)1(6)7/h2-7,10H,8-9,11-12H2,1H3;(H,6,7). The Balaban J connectivity index is 0.000000370. The molecule has 0 saturated carbocycles. The minimum absolute atomic E-state index is 0.00991. The number of hydrogen-bond donors (Lipinski definition) is 1. The molecule has 0 spiro atoms. The number of carboxylic acid groups (broad SMARTS) is 1. The molecule has 0 atom stereocenters. The van der Waals surface area contributed by atoms with Crippen LogP contribution in [0.4, 0.5) is 23.4 Å². The molecule has 0 saturated heterocycles. The monoisotopic (exact) mass is 413 g/mol. The molecule has 1 aromatic carbocycles. The summed E-state index contributed by atoms with van der Waals surface area (Å²) >= 11 is 0. The summed E-state index contributed by atoms with van der Waals surface area (Å²) in [6.45, 7) is 1.92. The van der Waals surface area contributed by atoms with Gasteiger partial charge in [-0.2, -0.15) is 13.2 Å². The van der Waals surface area contributed by atoms with Crippen LogP contribution >= 0.6 is 0 Å². The summed E-state index contributed by atoms with van der Waals surface area (Å²) in [6.07, 6.45) is -3.10. The second-order valence-electron chi connectivity index (χ2n) is 6.33. The molecule has 0 aliphatic carbocycles. The van der Waals surface area contributed by atoms with Gasteiger partial charge < -0.3 is 14.9 Å². The first-order chi connectivity index (χ1) is 13.6. The van der Waals surface area contributed by atoms with Crippen LogP contribution in [0.1, 0.15) is 11.1 Å². The van der Waals surface area contributed by atoms with Crippen molar-refractivity contribution in [3.63, 3.8) is 0 Å². The summed E-state index contributed by atoms with van der Waals surface area (Å²) in [5.74, 6) is -2.14. The Morgan fingerprint density at radius 2 is 1.86 bits per heavy atom. The first-order valence-corrected chi connectivity index (χ1v) is 8.55. The van der Waals surface area contributed by atoms with Gasteiger partial charge >= 0.3 is 12.1 Å². The second-order valence-corrected chi connectivity index (χ2v) is 6.33. The van der Waals surface area contributed by atoms with Crippen molar-refractivity contribution in [3.8, 4) is 0 Å². The van der Waals surface area contributed by atoms with E-state index in [1.165, 1.54) is 12.1 Å². The first kappa shape index (κ1) is 22.1. The minimum Gasteiger partial charge on any atom is -0.475 e. The van der Waals surface area contributed by atoms with Crippen LogP contribution in [-0.4, -0.2) is 53.2 Å². The Morgan fingerprint density at radius 3 is 2.48 bits per heavy atom. The highest BCUT2D eigenvalue weighted by Crippen LogP contribution is 2.21. The van der Waals surface area contributed by atoms with E-state index in [9.17, 15) is 22.4 Å². The van der Waals surface area contributed by atoms with Gasteiger partial charge in [-0.15, -0.1) is 0 Å². The normalized spacial score (nSPS) is 13.7. The molecule has 1 aliphatic heterocycles. The fourth-order valence-corrected chi connectivity index (χ4v) is 2.70. The van der Waals surface area contributed by atoms with Gasteiger partial charge in [-0.25, -0.2) is 14.2 Å². The van der Waals surface area contributed by atoms with Crippen molar-refractivity contribution >= 4 is 17.7 Å². The number of rotatable bonds is 2. The Labute approximate surface area is 164 Å². The number of halogens is 4. The number of likely N-dealkylation sites (N-methyl/N-ethyl adjacent to an activating group) is 1. The van der Waals surface area contributed by atoms with E-state index in [4.69, 9.17) is 9.90 Å². The maximum atomic E-state index is 13.2. The fourth-order valence-electron chi connectivity index (χ4n) is 2.70. The van der Waals surface area contributed by atoms with Crippen molar-refractivity contribution in [3.05, 3.63) is 59.5 Å². The van der Waals surface area contributed by atoms with Gasteiger partial charge in [0.15, 0.2) is 0 Å². The van der Waals surface area contributed by atoms with Gasteiger partial charge in [-0.3, -0.25) is 4.79 Å². The van der Waals surface area contributed by atoms with E-state index in [0.29, 0.717) is 18.7 Å². The van der Waals surface area contributed by atoms with Gasteiger partial charge in [0, 0.05) is 38.4 Å². The molecule has 2 heterocycles. The van der Waals surface area contributed by atoms with E-state index < -0.39 is 12.1 Å². The van der Waals surface area contributed by atoms with Gasteiger partial charge in [0.25, 0.3) is 0 Å². The second kappa shape index (κ2) is 9.35. The molecule has 1 N–H and O–H groups in total. The molecular weight excluding hydrogens is 394 g/mol. The molecule has 29 heavy (non-hydrogen) atoms. The van der Waals surface area contributed by atoms with E-state index in [2.05, 4.69) is 9.88 Å². The number of pyridine rings is 1. The molecule has 156 valence electrons. The lowest BCUT2D eigenvalue weighted by atomic mass is 10.1. The van der Waals surface area contributed by atoms with Crippen molar-refractivity contribution < 1.29 is 32.3 Å². The summed E-state index contributed by atoms with van der Waals surface area (Å²) in [4.78, 5) is 29.7. The van der Waals surface area contributed by atoms with Gasteiger partial charge in [0.2, 0.25) is 5.91 Å². The molecule has 1 amide bonds. The third-order valence-electron chi connectivity index (χ3n) is 4.14. The zero-order valence-electron chi connectivity index (χ0n) is 15.5. The van der Waals surface area contributed by atoms with Crippen molar-refractivity contribution in [2.24, 2.45) is 0 Å². The number of anilines is 1. The number of amides is 1. The van der Waals surface area contributed by atoms with Crippen LogP contribution in [0.25, 0.3) is 0 Å². The first-order valence-electron chi connectivity index (χ1n) is 8.55. The van der Waals surface area contributed by atoms with Crippen LogP contribution in [0.3, 0.4) is 0 Å². The largest absolute Gasteiger partial charge is 0.490 e. The van der Waals surface area contributed by atoms with Crippen molar-refractivity contribution in [1.29, 1.82) is 0 Å². The summed E-state index contributed by atoms with van der Waals surface area (Å²) < 4.78 is 45.0. The molecule has 0 radical (unpaired) electrons. The maximum Gasteiger partial charge on any atom is 0.490 e. The number of aliphatic carboxylic acids is 1. The summed E-state index contributed by atoms with van der Waals surface area (Å²) in [7, 11) is 1.98. The van der Waals surface area contributed by atoms with Crippen molar-refractivity contribution in [2.45, 2.75) is 19.1 Å². The Hall–Kier alpha value is -3.17. The molecule has 10 heteroatoms. The number of fused-ring (bicyclic) bond motifs is 1. The van der Waals surface area contributed by atoms with Crippen molar-refractivity contribution in [2.75, 3.05) is 25.0 Å². The SMILES string of the molecule is CN1CCN(C(=O)Cc2cccc(F)c2)Cc2cccnc21.O=C(O)C(F)(F)F. The predicted octanol–water partition coefficient (Wildman–Crippen LogP) is 2.88. The number of benzene rings is 1. The smallest absolute Gasteiger partial charge is 0.475 e. The highest BCUT2D eigenvalue weighted by Gasteiger charge is 2.38. The summed E-state index contributed by atoms with van der Waals surface area (Å²) in [5.41, 5.74) is 1.74. The zero-order chi connectivity index (χ0) is 21.6. The van der Waals surface area contributed by atoms with Crippen LogP contribution in [0, 0.1) is 5.82 Å². The molecular formula is C19H19F4N3O3. The molecule has 6 nitrogen and oxygen atoms in total. The van der Waals surface area contributed by atoms with E-state index in [0.717, 1.165) is 17.9 Å². The van der Waals surface area contributed by atoms with E-state index in [-0.39, 0.29) is 18.1 Å². The predicted molar refractivity (Wildman–Crippen MR) is 96.7 cm³/mol. The molecule has 0 fully saturated rings. The topological polar surface area (TPSA) is 73.7 Å². The third kappa shape index (κ3) is 6.44. The summed E-state index contributed by atoms with van der Waals surface area (Å²) in [6, 6.07) is 10.1.